The lowest BCUT2D eigenvalue weighted by atomic mass is 10.0. The standard InChI is InChI=1S/C13H19NO/c1-5-10-7-11(6-2)9-12(8-10)13(15)14(3)4/h7-9H,5-6H2,1-4H3. The van der Waals surface area contributed by atoms with Gasteiger partial charge in [-0.3, -0.25) is 4.79 Å². The molecule has 15 heavy (non-hydrogen) atoms. The largest absolute Gasteiger partial charge is 0.345 e. The molecule has 82 valence electrons. The summed E-state index contributed by atoms with van der Waals surface area (Å²) in [5.74, 6) is 0.0833. The summed E-state index contributed by atoms with van der Waals surface area (Å²) in [4.78, 5) is 13.4. The molecule has 1 aromatic rings. The lowest BCUT2D eigenvalue weighted by Gasteiger charge is -2.12. The summed E-state index contributed by atoms with van der Waals surface area (Å²) >= 11 is 0. The predicted octanol–water partition coefficient (Wildman–Crippen LogP) is 2.51. The third-order valence-electron chi connectivity index (χ3n) is 2.52. The first-order valence-electron chi connectivity index (χ1n) is 5.43. The van der Waals surface area contributed by atoms with Crippen LogP contribution >= 0.6 is 0 Å². The molecule has 0 aliphatic rings. The van der Waals surface area contributed by atoms with Crippen molar-refractivity contribution in [2.75, 3.05) is 14.1 Å². The van der Waals surface area contributed by atoms with Crippen molar-refractivity contribution in [2.45, 2.75) is 26.7 Å². The van der Waals surface area contributed by atoms with Gasteiger partial charge in [0.25, 0.3) is 5.91 Å². The smallest absolute Gasteiger partial charge is 0.253 e. The lowest BCUT2D eigenvalue weighted by molar-refractivity contribution is 0.0827. The quantitative estimate of drug-likeness (QED) is 0.742. The average Bonchev–Trinajstić information content (AvgIpc) is 2.27. The highest BCUT2D eigenvalue weighted by Crippen LogP contribution is 2.13. The molecule has 0 heterocycles. The second-order valence-electron chi connectivity index (χ2n) is 3.94. The van der Waals surface area contributed by atoms with Crippen molar-refractivity contribution in [2.24, 2.45) is 0 Å². The molecule has 0 aliphatic carbocycles. The van der Waals surface area contributed by atoms with Gasteiger partial charge < -0.3 is 4.90 Å². The second-order valence-corrected chi connectivity index (χ2v) is 3.94. The number of amides is 1. The van der Waals surface area contributed by atoms with Gasteiger partial charge in [-0.2, -0.15) is 0 Å². The van der Waals surface area contributed by atoms with Gasteiger partial charge in [0.15, 0.2) is 0 Å². The van der Waals surface area contributed by atoms with E-state index in [0.29, 0.717) is 0 Å². The van der Waals surface area contributed by atoms with Crippen molar-refractivity contribution in [1.29, 1.82) is 0 Å². The van der Waals surface area contributed by atoms with Crippen LogP contribution in [-0.4, -0.2) is 24.9 Å². The normalized spacial score (nSPS) is 10.1. The molecule has 1 rings (SSSR count). The Morgan fingerprint density at radius 3 is 1.87 bits per heavy atom. The summed E-state index contributed by atoms with van der Waals surface area (Å²) in [7, 11) is 3.57. The van der Waals surface area contributed by atoms with Crippen molar-refractivity contribution in [3.05, 3.63) is 34.9 Å². The van der Waals surface area contributed by atoms with E-state index < -0.39 is 0 Å². The van der Waals surface area contributed by atoms with Gasteiger partial charge in [0, 0.05) is 19.7 Å². The van der Waals surface area contributed by atoms with Crippen LogP contribution in [0.25, 0.3) is 0 Å². The molecule has 0 aliphatic heterocycles. The zero-order valence-corrected chi connectivity index (χ0v) is 10.0. The second kappa shape index (κ2) is 4.96. The van der Waals surface area contributed by atoms with Gasteiger partial charge in [-0.25, -0.2) is 0 Å². The van der Waals surface area contributed by atoms with Crippen LogP contribution in [0.3, 0.4) is 0 Å². The first kappa shape index (κ1) is 11.8. The Hall–Kier alpha value is -1.31. The molecular weight excluding hydrogens is 186 g/mol. The van der Waals surface area contributed by atoms with Crippen LogP contribution in [0.15, 0.2) is 18.2 Å². The minimum atomic E-state index is 0.0833. The minimum absolute atomic E-state index is 0.0833. The molecular formula is C13H19NO. The van der Waals surface area contributed by atoms with Gasteiger partial charge in [0.05, 0.1) is 0 Å². The summed E-state index contributed by atoms with van der Waals surface area (Å²) in [5.41, 5.74) is 3.27. The zero-order valence-electron chi connectivity index (χ0n) is 10.0. The van der Waals surface area contributed by atoms with Gasteiger partial charge in [-0.05, 0) is 36.1 Å². The molecule has 2 heteroatoms. The molecule has 0 saturated carbocycles. The number of carbonyl (C=O) groups excluding carboxylic acids is 1. The van der Waals surface area contributed by atoms with Crippen LogP contribution in [0, 0.1) is 0 Å². The number of nitrogens with zero attached hydrogens (tertiary/aromatic N) is 1. The third kappa shape index (κ3) is 2.82. The van der Waals surface area contributed by atoms with Crippen molar-refractivity contribution < 1.29 is 4.79 Å². The molecule has 0 bridgehead atoms. The fraction of sp³-hybridized carbons (Fsp3) is 0.462. The monoisotopic (exact) mass is 205 g/mol. The summed E-state index contributed by atoms with van der Waals surface area (Å²) in [5, 5.41) is 0. The predicted molar refractivity (Wildman–Crippen MR) is 63.2 cm³/mol. The summed E-state index contributed by atoms with van der Waals surface area (Å²) in [6.07, 6.45) is 1.95. The fourth-order valence-corrected chi connectivity index (χ4v) is 1.55. The molecule has 0 N–H and O–H groups in total. The maximum atomic E-state index is 11.8. The summed E-state index contributed by atoms with van der Waals surface area (Å²) in [6, 6.07) is 6.15. The van der Waals surface area contributed by atoms with Crippen molar-refractivity contribution in [1.82, 2.24) is 4.90 Å². The van der Waals surface area contributed by atoms with E-state index in [1.807, 2.05) is 12.1 Å². The van der Waals surface area contributed by atoms with Gasteiger partial charge >= 0.3 is 0 Å². The molecule has 2 nitrogen and oxygen atoms in total. The average molecular weight is 205 g/mol. The lowest BCUT2D eigenvalue weighted by Crippen LogP contribution is -2.21. The Morgan fingerprint density at radius 1 is 1.07 bits per heavy atom. The Bertz CT molecular complexity index is 333. The van der Waals surface area contributed by atoms with E-state index in [1.165, 1.54) is 11.1 Å². The van der Waals surface area contributed by atoms with Crippen LogP contribution in [-0.2, 0) is 12.8 Å². The summed E-state index contributed by atoms with van der Waals surface area (Å²) < 4.78 is 0. The highest BCUT2D eigenvalue weighted by Gasteiger charge is 2.09. The highest BCUT2D eigenvalue weighted by molar-refractivity contribution is 5.94. The van der Waals surface area contributed by atoms with E-state index in [9.17, 15) is 4.79 Å². The van der Waals surface area contributed by atoms with Gasteiger partial charge in [-0.1, -0.05) is 19.9 Å². The first-order valence-corrected chi connectivity index (χ1v) is 5.43. The van der Waals surface area contributed by atoms with E-state index in [2.05, 4.69) is 19.9 Å². The molecule has 1 aromatic carbocycles. The summed E-state index contributed by atoms with van der Waals surface area (Å²) in [6.45, 7) is 4.22. The molecule has 0 atom stereocenters. The van der Waals surface area contributed by atoms with Crippen LogP contribution in [0.1, 0.15) is 35.3 Å². The Labute approximate surface area is 91.9 Å². The number of hydrogen-bond acceptors (Lipinski definition) is 1. The van der Waals surface area contributed by atoms with E-state index in [0.717, 1.165) is 18.4 Å². The van der Waals surface area contributed by atoms with Gasteiger partial charge in [-0.15, -0.1) is 0 Å². The maximum absolute atomic E-state index is 11.8. The molecule has 0 unspecified atom stereocenters. The Kier molecular flexibility index (Phi) is 3.89. The Balaban J connectivity index is 3.12. The number of benzene rings is 1. The third-order valence-corrected chi connectivity index (χ3v) is 2.52. The molecule has 0 radical (unpaired) electrons. The van der Waals surface area contributed by atoms with Gasteiger partial charge in [0.2, 0.25) is 0 Å². The topological polar surface area (TPSA) is 20.3 Å². The van der Waals surface area contributed by atoms with Crippen molar-refractivity contribution >= 4 is 5.91 Å². The minimum Gasteiger partial charge on any atom is -0.345 e. The van der Waals surface area contributed by atoms with E-state index >= 15 is 0 Å². The van der Waals surface area contributed by atoms with Crippen LogP contribution < -0.4 is 0 Å². The van der Waals surface area contributed by atoms with Crippen LogP contribution in [0.4, 0.5) is 0 Å². The zero-order chi connectivity index (χ0) is 11.4. The van der Waals surface area contributed by atoms with E-state index in [1.54, 1.807) is 19.0 Å². The molecule has 0 saturated heterocycles. The maximum Gasteiger partial charge on any atom is 0.253 e. The molecule has 0 aromatic heterocycles. The fourth-order valence-electron chi connectivity index (χ4n) is 1.55. The number of hydrogen-bond donors (Lipinski definition) is 0. The van der Waals surface area contributed by atoms with Crippen molar-refractivity contribution in [3.63, 3.8) is 0 Å². The molecule has 1 amide bonds. The van der Waals surface area contributed by atoms with Crippen molar-refractivity contribution in [3.8, 4) is 0 Å². The Morgan fingerprint density at radius 2 is 1.53 bits per heavy atom. The molecule has 0 spiro atoms. The van der Waals surface area contributed by atoms with Crippen LogP contribution in [0.2, 0.25) is 0 Å². The SMILES string of the molecule is CCc1cc(CC)cc(C(=O)N(C)C)c1. The van der Waals surface area contributed by atoms with E-state index in [4.69, 9.17) is 0 Å². The van der Waals surface area contributed by atoms with E-state index in [-0.39, 0.29) is 5.91 Å². The van der Waals surface area contributed by atoms with Crippen LogP contribution in [0.5, 0.6) is 0 Å². The number of aryl methyl sites for hydroxylation is 2. The number of carbonyl (C=O) groups is 1. The van der Waals surface area contributed by atoms with Gasteiger partial charge in [0.1, 0.15) is 0 Å². The molecule has 0 fully saturated rings. The number of rotatable bonds is 3. The first-order chi connectivity index (χ1) is 7.08. The highest BCUT2D eigenvalue weighted by atomic mass is 16.2.